The molecule has 2 atom stereocenters. The second-order valence-electron chi connectivity index (χ2n) is 4.44. The lowest BCUT2D eigenvalue weighted by molar-refractivity contribution is -0.126. The maximum Gasteiger partial charge on any atom is 0.223 e. The highest BCUT2D eigenvalue weighted by molar-refractivity contribution is 5.78. The van der Waals surface area contributed by atoms with Crippen molar-refractivity contribution in [1.29, 1.82) is 0 Å². The van der Waals surface area contributed by atoms with Crippen LogP contribution >= 0.6 is 0 Å². The van der Waals surface area contributed by atoms with Gasteiger partial charge in [-0.05, 0) is 19.3 Å². The Balaban J connectivity index is 2.19. The lowest BCUT2D eigenvalue weighted by Crippen LogP contribution is -2.32. The zero-order valence-electron chi connectivity index (χ0n) is 10.5. The Morgan fingerprint density at radius 1 is 1.47 bits per heavy atom. The first kappa shape index (κ1) is 14.4. The van der Waals surface area contributed by atoms with Crippen LogP contribution in [-0.4, -0.2) is 50.6 Å². The molecule has 0 aromatic heterocycles. The van der Waals surface area contributed by atoms with Crippen LogP contribution in [0.2, 0.25) is 0 Å². The fraction of sp³-hybridized carbons (Fsp3) is 0.917. The van der Waals surface area contributed by atoms with Gasteiger partial charge < -0.3 is 19.9 Å². The molecule has 2 N–H and O–H groups in total. The van der Waals surface area contributed by atoms with Gasteiger partial charge in [0.25, 0.3) is 0 Å². The lowest BCUT2D eigenvalue weighted by atomic mass is 9.96. The van der Waals surface area contributed by atoms with E-state index >= 15 is 0 Å². The summed E-state index contributed by atoms with van der Waals surface area (Å²) >= 11 is 0. The predicted octanol–water partition coefficient (Wildman–Crippen LogP) is 0.317. The molecule has 1 aliphatic heterocycles. The number of carbonyl (C=O) groups excluding carboxylic acids is 1. The van der Waals surface area contributed by atoms with Gasteiger partial charge in [0.05, 0.1) is 25.9 Å². The Kier molecular flexibility index (Phi) is 7.16. The zero-order valence-corrected chi connectivity index (χ0v) is 10.5. The first-order valence-electron chi connectivity index (χ1n) is 6.26. The van der Waals surface area contributed by atoms with Crippen molar-refractivity contribution in [2.75, 3.05) is 33.5 Å². The Morgan fingerprint density at radius 3 is 3.06 bits per heavy atom. The molecule has 1 heterocycles. The van der Waals surface area contributed by atoms with Crippen LogP contribution in [0.4, 0.5) is 0 Å². The average molecular weight is 245 g/mol. The van der Waals surface area contributed by atoms with E-state index in [-0.39, 0.29) is 18.4 Å². The molecule has 100 valence electrons. The van der Waals surface area contributed by atoms with Crippen LogP contribution in [-0.2, 0) is 14.3 Å². The van der Waals surface area contributed by atoms with E-state index in [1.54, 1.807) is 7.11 Å². The molecule has 1 amide bonds. The van der Waals surface area contributed by atoms with Crippen LogP contribution in [0, 0.1) is 5.92 Å². The third-order valence-electron chi connectivity index (χ3n) is 2.95. The number of rotatable bonds is 7. The fourth-order valence-electron chi connectivity index (χ4n) is 1.99. The van der Waals surface area contributed by atoms with Crippen LogP contribution in [0.15, 0.2) is 0 Å². The molecular weight excluding hydrogens is 222 g/mol. The topological polar surface area (TPSA) is 67.8 Å². The highest BCUT2D eigenvalue weighted by Crippen LogP contribution is 2.18. The van der Waals surface area contributed by atoms with E-state index < -0.39 is 6.10 Å². The number of hydrogen-bond donors (Lipinski definition) is 2. The van der Waals surface area contributed by atoms with Crippen molar-refractivity contribution in [1.82, 2.24) is 5.32 Å². The second kappa shape index (κ2) is 8.44. The van der Waals surface area contributed by atoms with Crippen LogP contribution in [0.5, 0.6) is 0 Å². The van der Waals surface area contributed by atoms with Crippen molar-refractivity contribution in [2.24, 2.45) is 5.92 Å². The van der Waals surface area contributed by atoms with E-state index in [0.29, 0.717) is 19.6 Å². The highest BCUT2D eigenvalue weighted by Gasteiger charge is 2.23. The molecule has 0 aromatic rings. The molecule has 0 radical (unpaired) electrons. The zero-order chi connectivity index (χ0) is 12.5. The molecule has 0 aliphatic carbocycles. The molecule has 1 saturated heterocycles. The number of methoxy groups -OCH3 is 1. The van der Waals surface area contributed by atoms with Crippen molar-refractivity contribution >= 4 is 5.91 Å². The van der Waals surface area contributed by atoms with Crippen LogP contribution < -0.4 is 5.32 Å². The summed E-state index contributed by atoms with van der Waals surface area (Å²) in [6, 6.07) is 0. The number of ether oxygens (including phenoxy) is 2. The van der Waals surface area contributed by atoms with Gasteiger partial charge in [-0.2, -0.15) is 0 Å². The maximum absolute atomic E-state index is 11.6. The highest BCUT2D eigenvalue weighted by atomic mass is 16.5. The first-order chi connectivity index (χ1) is 8.24. The van der Waals surface area contributed by atoms with Crippen LogP contribution in [0.25, 0.3) is 0 Å². The molecule has 1 aliphatic rings. The fourth-order valence-corrected chi connectivity index (χ4v) is 1.99. The molecule has 0 spiro atoms. The maximum atomic E-state index is 11.6. The van der Waals surface area contributed by atoms with E-state index in [1.165, 1.54) is 0 Å². The molecule has 0 saturated carbocycles. The minimum Gasteiger partial charge on any atom is -0.391 e. The van der Waals surface area contributed by atoms with Gasteiger partial charge in [-0.1, -0.05) is 6.42 Å². The van der Waals surface area contributed by atoms with Gasteiger partial charge in [0.1, 0.15) is 0 Å². The summed E-state index contributed by atoms with van der Waals surface area (Å²) < 4.78 is 10.1. The summed E-state index contributed by atoms with van der Waals surface area (Å²) in [7, 11) is 1.61. The van der Waals surface area contributed by atoms with E-state index in [4.69, 9.17) is 9.47 Å². The Labute approximate surface area is 102 Å². The summed E-state index contributed by atoms with van der Waals surface area (Å²) in [6.07, 6.45) is 2.85. The molecule has 0 bridgehead atoms. The molecular formula is C12H23NO4. The van der Waals surface area contributed by atoms with E-state index in [0.717, 1.165) is 25.8 Å². The van der Waals surface area contributed by atoms with Crippen LogP contribution in [0.3, 0.4) is 0 Å². The lowest BCUT2D eigenvalue weighted by Gasteiger charge is -2.17. The second-order valence-corrected chi connectivity index (χ2v) is 4.44. The summed E-state index contributed by atoms with van der Waals surface area (Å²) in [5.41, 5.74) is 0. The van der Waals surface area contributed by atoms with Gasteiger partial charge in [0.15, 0.2) is 0 Å². The van der Waals surface area contributed by atoms with E-state index in [2.05, 4.69) is 5.32 Å². The van der Waals surface area contributed by atoms with Gasteiger partial charge in [-0.25, -0.2) is 0 Å². The molecule has 2 unspecified atom stereocenters. The number of aliphatic hydroxyl groups is 1. The first-order valence-corrected chi connectivity index (χ1v) is 6.26. The van der Waals surface area contributed by atoms with Crippen molar-refractivity contribution in [3.63, 3.8) is 0 Å². The van der Waals surface area contributed by atoms with Crippen molar-refractivity contribution in [3.8, 4) is 0 Å². The van der Waals surface area contributed by atoms with Crippen molar-refractivity contribution < 1.29 is 19.4 Å². The molecule has 0 aromatic carbocycles. The van der Waals surface area contributed by atoms with Crippen molar-refractivity contribution in [3.05, 3.63) is 0 Å². The van der Waals surface area contributed by atoms with Gasteiger partial charge in [0.2, 0.25) is 5.91 Å². The average Bonchev–Trinajstić information content (AvgIpc) is 2.51. The normalized spacial score (nSPS) is 22.9. The molecule has 17 heavy (non-hydrogen) atoms. The summed E-state index contributed by atoms with van der Waals surface area (Å²) in [4.78, 5) is 11.6. The van der Waals surface area contributed by atoms with Gasteiger partial charge in [-0.3, -0.25) is 4.79 Å². The third-order valence-corrected chi connectivity index (χ3v) is 2.95. The van der Waals surface area contributed by atoms with Crippen molar-refractivity contribution in [2.45, 2.75) is 31.8 Å². The number of carbonyl (C=O) groups is 1. The SMILES string of the molecule is COCCOCC(O)CC1CCCCNC1=O. The minimum absolute atomic E-state index is 0.0680. The monoisotopic (exact) mass is 245 g/mol. The third kappa shape index (κ3) is 6.00. The molecule has 1 rings (SSSR count). The molecule has 5 heteroatoms. The van der Waals surface area contributed by atoms with Gasteiger partial charge in [0, 0.05) is 19.6 Å². The predicted molar refractivity (Wildman–Crippen MR) is 63.7 cm³/mol. The molecule has 5 nitrogen and oxygen atoms in total. The Bertz CT molecular complexity index is 223. The quantitative estimate of drug-likeness (QED) is 0.634. The van der Waals surface area contributed by atoms with E-state index in [1.807, 2.05) is 0 Å². The summed E-state index contributed by atoms with van der Waals surface area (Å²) in [6.45, 7) is 2.03. The van der Waals surface area contributed by atoms with Crippen LogP contribution in [0.1, 0.15) is 25.7 Å². The smallest absolute Gasteiger partial charge is 0.223 e. The minimum atomic E-state index is -0.569. The molecule has 1 fully saturated rings. The number of nitrogens with one attached hydrogen (secondary N) is 1. The standard InChI is InChI=1S/C12H23NO4/c1-16-6-7-17-9-11(14)8-10-4-2-3-5-13-12(10)15/h10-11,14H,2-9H2,1H3,(H,13,15). The van der Waals surface area contributed by atoms with Gasteiger partial charge in [-0.15, -0.1) is 0 Å². The Hall–Kier alpha value is -0.650. The van der Waals surface area contributed by atoms with E-state index in [9.17, 15) is 9.90 Å². The summed E-state index contributed by atoms with van der Waals surface area (Å²) in [5.74, 6) is -0.00281. The summed E-state index contributed by atoms with van der Waals surface area (Å²) in [5, 5.41) is 12.6. The number of amides is 1. The van der Waals surface area contributed by atoms with Gasteiger partial charge >= 0.3 is 0 Å². The number of aliphatic hydroxyl groups excluding tert-OH is 1. The number of hydrogen-bond acceptors (Lipinski definition) is 4. The largest absolute Gasteiger partial charge is 0.391 e. The Morgan fingerprint density at radius 2 is 2.29 bits per heavy atom.